The summed E-state index contributed by atoms with van der Waals surface area (Å²) in [7, 11) is 0. The lowest BCUT2D eigenvalue weighted by molar-refractivity contribution is -0.123. The zero-order chi connectivity index (χ0) is 19.5. The van der Waals surface area contributed by atoms with Gasteiger partial charge in [-0.2, -0.15) is 0 Å². The third kappa shape index (κ3) is 3.48. The van der Waals surface area contributed by atoms with Crippen LogP contribution in [0.1, 0.15) is 11.1 Å². The summed E-state index contributed by atoms with van der Waals surface area (Å²) in [6.45, 7) is 0.332. The topological polar surface area (TPSA) is 84.5 Å². The second kappa shape index (κ2) is 7.36. The molecule has 0 aliphatic carbocycles. The molecule has 6 heteroatoms. The van der Waals surface area contributed by atoms with Crippen molar-refractivity contribution in [1.29, 1.82) is 0 Å². The van der Waals surface area contributed by atoms with Gasteiger partial charge in [-0.05, 0) is 28.5 Å². The molecule has 0 spiro atoms. The predicted molar refractivity (Wildman–Crippen MR) is 104 cm³/mol. The van der Waals surface area contributed by atoms with Gasteiger partial charge in [0, 0.05) is 5.56 Å². The average Bonchev–Trinajstić information content (AvgIpc) is 2.70. The van der Waals surface area contributed by atoms with E-state index in [1.807, 2.05) is 48.5 Å². The molecule has 1 saturated heterocycles. The van der Waals surface area contributed by atoms with E-state index in [-0.39, 0.29) is 5.57 Å². The fourth-order valence-electron chi connectivity index (χ4n) is 3.07. The monoisotopic (exact) mass is 372 g/mol. The number of urea groups is 1. The van der Waals surface area contributed by atoms with Crippen molar-refractivity contribution >= 4 is 34.7 Å². The number of benzene rings is 3. The summed E-state index contributed by atoms with van der Waals surface area (Å²) in [4.78, 5) is 35.1. The van der Waals surface area contributed by atoms with E-state index >= 15 is 0 Å². The molecule has 1 aliphatic heterocycles. The van der Waals surface area contributed by atoms with E-state index in [4.69, 9.17) is 4.74 Å². The second-order valence-electron chi connectivity index (χ2n) is 6.26. The smallest absolute Gasteiger partial charge is 0.328 e. The average molecular weight is 372 g/mol. The van der Waals surface area contributed by atoms with Crippen LogP contribution in [0.4, 0.5) is 4.79 Å². The van der Waals surface area contributed by atoms with Crippen molar-refractivity contribution in [1.82, 2.24) is 10.6 Å². The fourth-order valence-corrected chi connectivity index (χ4v) is 3.07. The number of hydrogen-bond acceptors (Lipinski definition) is 4. The third-order valence-electron chi connectivity index (χ3n) is 4.43. The Kier molecular flexibility index (Phi) is 4.60. The van der Waals surface area contributed by atoms with Gasteiger partial charge < -0.3 is 4.74 Å². The highest BCUT2D eigenvalue weighted by Crippen LogP contribution is 2.25. The number of barbiturate groups is 1. The molecule has 138 valence electrons. The van der Waals surface area contributed by atoms with Crippen molar-refractivity contribution in [3.63, 3.8) is 0 Å². The van der Waals surface area contributed by atoms with E-state index in [1.165, 1.54) is 6.08 Å². The van der Waals surface area contributed by atoms with Crippen molar-refractivity contribution in [2.75, 3.05) is 0 Å². The predicted octanol–water partition coefficient (Wildman–Crippen LogP) is 3.17. The maximum absolute atomic E-state index is 12.0. The van der Waals surface area contributed by atoms with Gasteiger partial charge in [-0.15, -0.1) is 0 Å². The Morgan fingerprint density at radius 1 is 0.786 bits per heavy atom. The molecule has 28 heavy (non-hydrogen) atoms. The Bertz CT molecular complexity index is 1110. The summed E-state index contributed by atoms with van der Waals surface area (Å²) in [5.74, 6) is -0.948. The summed E-state index contributed by atoms with van der Waals surface area (Å²) < 4.78 is 5.99. The highest BCUT2D eigenvalue weighted by atomic mass is 16.5. The number of rotatable bonds is 4. The molecule has 4 rings (SSSR count). The molecule has 0 atom stereocenters. The van der Waals surface area contributed by atoms with E-state index in [0.29, 0.717) is 17.9 Å². The molecule has 0 unspecified atom stereocenters. The molecule has 0 bridgehead atoms. The first kappa shape index (κ1) is 17.5. The molecule has 2 N–H and O–H groups in total. The van der Waals surface area contributed by atoms with E-state index in [0.717, 1.165) is 16.3 Å². The Hall–Kier alpha value is -3.93. The maximum Gasteiger partial charge on any atom is 0.328 e. The number of para-hydroxylation sites is 1. The Labute approximate surface area is 160 Å². The number of amides is 4. The molecule has 4 amide bonds. The van der Waals surface area contributed by atoms with Crippen molar-refractivity contribution in [3.05, 3.63) is 83.4 Å². The molecule has 0 radical (unpaired) electrons. The molecule has 1 heterocycles. The van der Waals surface area contributed by atoms with Crippen LogP contribution in [0.5, 0.6) is 5.75 Å². The lowest BCUT2D eigenvalue weighted by atomic mass is 10.1. The van der Waals surface area contributed by atoms with Crippen LogP contribution in [0.25, 0.3) is 16.8 Å². The Morgan fingerprint density at radius 2 is 1.46 bits per heavy atom. The van der Waals surface area contributed by atoms with Gasteiger partial charge in [-0.1, -0.05) is 60.7 Å². The maximum atomic E-state index is 12.0. The number of imide groups is 2. The molecule has 3 aromatic rings. The summed E-state index contributed by atoms with van der Waals surface area (Å²) in [5, 5.41) is 6.34. The molecule has 6 nitrogen and oxygen atoms in total. The largest absolute Gasteiger partial charge is 0.488 e. The molecule has 3 aromatic carbocycles. The minimum atomic E-state index is -0.826. The SMILES string of the molecule is O=C1NC(=O)C(=Cc2ccccc2OCc2cccc3ccccc23)C(=O)N1. The molecular formula is C22H16N2O4. The normalized spacial score (nSPS) is 13.9. The molecule has 0 aromatic heterocycles. The minimum Gasteiger partial charge on any atom is -0.488 e. The van der Waals surface area contributed by atoms with Crippen molar-refractivity contribution < 1.29 is 19.1 Å². The van der Waals surface area contributed by atoms with Gasteiger partial charge in [-0.25, -0.2) is 4.79 Å². The molecule has 1 fully saturated rings. The van der Waals surface area contributed by atoms with Gasteiger partial charge in [0.15, 0.2) is 0 Å². The highest BCUT2D eigenvalue weighted by Gasteiger charge is 2.27. The minimum absolute atomic E-state index is 0.152. The third-order valence-corrected chi connectivity index (χ3v) is 4.43. The second-order valence-corrected chi connectivity index (χ2v) is 6.26. The van der Waals surface area contributed by atoms with Crippen molar-refractivity contribution in [3.8, 4) is 5.75 Å². The summed E-state index contributed by atoms with van der Waals surface area (Å²) >= 11 is 0. The van der Waals surface area contributed by atoms with E-state index < -0.39 is 17.8 Å². The lowest BCUT2D eigenvalue weighted by Crippen LogP contribution is -2.51. The van der Waals surface area contributed by atoms with Gasteiger partial charge in [0.05, 0.1) is 0 Å². The first-order valence-electron chi connectivity index (χ1n) is 8.68. The Balaban J connectivity index is 1.62. The van der Waals surface area contributed by atoms with Crippen LogP contribution in [0.2, 0.25) is 0 Å². The lowest BCUT2D eigenvalue weighted by Gasteiger charge is -2.15. The van der Waals surface area contributed by atoms with Crippen LogP contribution >= 0.6 is 0 Å². The first-order valence-corrected chi connectivity index (χ1v) is 8.68. The zero-order valence-corrected chi connectivity index (χ0v) is 14.8. The number of carbonyl (C=O) groups excluding carboxylic acids is 3. The van der Waals surface area contributed by atoms with Gasteiger partial charge in [0.2, 0.25) is 0 Å². The van der Waals surface area contributed by atoms with E-state index in [9.17, 15) is 14.4 Å². The van der Waals surface area contributed by atoms with Crippen LogP contribution in [-0.2, 0) is 16.2 Å². The van der Waals surface area contributed by atoms with Crippen LogP contribution < -0.4 is 15.4 Å². The summed E-state index contributed by atoms with van der Waals surface area (Å²) in [6.07, 6.45) is 1.41. The molecule has 1 aliphatic rings. The number of carbonyl (C=O) groups is 3. The summed E-state index contributed by atoms with van der Waals surface area (Å²) in [5.41, 5.74) is 1.44. The molecule has 0 saturated carbocycles. The van der Waals surface area contributed by atoms with Gasteiger partial charge >= 0.3 is 6.03 Å². The van der Waals surface area contributed by atoms with Crippen molar-refractivity contribution in [2.24, 2.45) is 0 Å². The van der Waals surface area contributed by atoms with E-state index in [2.05, 4.69) is 10.6 Å². The first-order chi connectivity index (χ1) is 13.6. The zero-order valence-electron chi connectivity index (χ0n) is 14.8. The van der Waals surface area contributed by atoms with Crippen LogP contribution in [0, 0.1) is 0 Å². The Morgan fingerprint density at radius 3 is 2.29 bits per heavy atom. The number of fused-ring (bicyclic) bond motifs is 1. The highest BCUT2D eigenvalue weighted by molar-refractivity contribution is 6.31. The standard InChI is InChI=1S/C22H16N2O4/c25-20-18(21(26)24-22(27)23-20)12-15-7-2-4-11-19(15)28-13-16-9-5-8-14-6-1-3-10-17(14)16/h1-12H,13H2,(H2,23,24,25,26,27). The number of hydrogen-bond donors (Lipinski definition) is 2. The van der Waals surface area contributed by atoms with E-state index in [1.54, 1.807) is 18.2 Å². The summed E-state index contributed by atoms with van der Waals surface area (Å²) in [6, 6.07) is 20.3. The van der Waals surface area contributed by atoms with Crippen molar-refractivity contribution in [2.45, 2.75) is 6.61 Å². The van der Waals surface area contributed by atoms with Crippen LogP contribution in [0.3, 0.4) is 0 Å². The number of ether oxygens (including phenoxy) is 1. The van der Waals surface area contributed by atoms with Gasteiger partial charge in [0.25, 0.3) is 11.8 Å². The molecular weight excluding hydrogens is 356 g/mol. The van der Waals surface area contributed by atoms with Gasteiger partial charge in [0.1, 0.15) is 17.9 Å². The van der Waals surface area contributed by atoms with Crippen LogP contribution in [-0.4, -0.2) is 17.8 Å². The van der Waals surface area contributed by atoms with Crippen LogP contribution in [0.15, 0.2) is 72.3 Å². The fraction of sp³-hybridized carbons (Fsp3) is 0.0455. The quantitative estimate of drug-likeness (QED) is 0.544. The number of nitrogens with one attached hydrogen (secondary N) is 2. The van der Waals surface area contributed by atoms with Gasteiger partial charge in [-0.3, -0.25) is 20.2 Å².